The molecule has 0 bridgehead atoms. The van der Waals surface area contributed by atoms with Crippen molar-refractivity contribution < 1.29 is 26.4 Å². The summed E-state index contributed by atoms with van der Waals surface area (Å²) in [5, 5.41) is 3.11. The minimum Gasteiger partial charge on any atom is -0.382 e. The van der Waals surface area contributed by atoms with E-state index in [0.717, 1.165) is 42.6 Å². The lowest BCUT2D eigenvalue weighted by Gasteiger charge is -2.37. The predicted molar refractivity (Wildman–Crippen MR) is 150 cm³/mol. The molecule has 2 saturated heterocycles. The number of alkyl halides is 3. The maximum atomic E-state index is 13.7. The summed E-state index contributed by atoms with van der Waals surface area (Å²) >= 11 is 0. The number of hydrogen-bond acceptors (Lipinski definition) is 6. The molecule has 0 unspecified atom stereocenters. The Morgan fingerprint density at radius 1 is 0.975 bits per heavy atom. The lowest BCUT2D eigenvalue weighted by Crippen LogP contribution is -2.48. The molecule has 40 heavy (non-hydrogen) atoms. The molecule has 2 heterocycles. The molecule has 0 radical (unpaired) electrons. The Morgan fingerprint density at radius 3 is 2.17 bits per heavy atom. The average molecular weight is 582 g/mol. The number of carbonyl (C=O) groups excluding carboxylic acids is 1. The van der Waals surface area contributed by atoms with Crippen molar-refractivity contribution in [3.63, 3.8) is 0 Å². The second kappa shape index (κ2) is 12.4. The van der Waals surface area contributed by atoms with Crippen LogP contribution in [0.5, 0.6) is 0 Å². The van der Waals surface area contributed by atoms with Gasteiger partial charge in [0.05, 0.1) is 10.5 Å². The Labute approximate surface area is 234 Å². The first-order valence-corrected chi connectivity index (χ1v) is 15.0. The van der Waals surface area contributed by atoms with E-state index >= 15 is 0 Å². The fourth-order valence-corrected chi connectivity index (χ4v) is 6.25. The topological polar surface area (TPSA) is 76.2 Å². The van der Waals surface area contributed by atoms with Gasteiger partial charge >= 0.3 is 6.18 Å². The van der Waals surface area contributed by atoms with Crippen molar-refractivity contribution in [2.45, 2.75) is 43.3 Å². The number of amides is 1. The molecule has 8 nitrogen and oxygen atoms in total. The van der Waals surface area contributed by atoms with Crippen LogP contribution in [0.2, 0.25) is 0 Å². The molecule has 2 aromatic carbocycles. The molecular weight excluding hydrogens is 543 g/mol. The first kappa shape index (κ1) is 30.1. The fourth-order valence-electron chi connectivity index (χ4n) is 5.17. The molecule has 0 spiro atoms. The van der Waals surface area contributed by atoms with E-state index in [9.17, 15) is 26.4 Å². The maximum absolute atomic E-state index is 13.7. The van der Waals surface area contributed by atoms with Gasteiger partial charge in [-0.15, -0.1) is 0 Å². The van der Waals surface area contributed by atoms with E-state index in [1.165, 1.54) is 31.4 Å². The van der Waals surface area contributed by atoms with Crippen LogP contribution < -0.4 is 10.2 Å². The van der Waals surface area contributed by atoms with Gasteiger partial charge in [0.1, 0.15) is 0 Å². The molecule has 2 aliphatic heterocycles. The van der Waals surface area contributed by atoms with E-state index < -0.39 is 26.7 Å². The van der Waals surface area contributed by atoms with Gasteiger partial charge in [-0.05, 0) is 50.1 Å². The summed E-state index contributed by atoms with van der Waals surface area (Å²) in [6.45, 7) is 7.49. The van der Waals surface area contributed by atoms with Crippen LogP contribution in [0.15, 0.2) is 47.4 Å². The Bertz CT molecular complexity index is 1270. The lowest BCUT2D eigenvalue weighted by atomic mass is 10.0. The highest BCUT2D eigenvalue weighted by Crippen LogP contribution is 2.37. The van der Waals surface area contributed by atoms with Crippen molar-refractivity contribution in [1.29, 1.82) is 0 Å². The van der Waals surface area contributed by atoms with Crippen LogP contribution in [-0.4, -0.2) is 94.4 Å². The standard InChI is InChI=1S/C28H38F3N5O3S/c1-21-4-7-24(8-5-21)35-18-16-34(17-19-35)13-12-27(37)36-14-10-22(11-15-36)32-23-6-9-26(40(38,39)33(2)3)25(20-23)28(29,30)31/h4-9,20,22,32H,10-19H2,1-3H3. The van der Waals surface area contributed by atoms with Crippen molar-refractivity contribution >= 4 is 27.3 Å². The van der Waals surface area contributed by atoms with Crippen molar-refractivity contribution in [2.75, 3.05) is 70.1 Å². The highest BCUT2D eigenvalue weighted by atomic mass is 32.2. The fraction of sp³-hybridized carbons (Fsp3) is 0.536. The molecule has 1 amide bonds. The maximum Gasteiger partial charge on any atom is 0.417 e. The van der Waals surface area contributed by atoms with Gasteiger partial charge in [-0.2, -0.15) is 13.2 Å². The summed E-state index contributed by atoms with van der Waals surface area (Å²) < 4.78 is 66.7. The monoisotopic (exact) mass is 581 g/mol. The quantitative estimate of drug-likeness (QED) is 0.510. The first-order valence-electron chi connectivity index (χ1n) is 13.6. The Morgan fingerprint density at radius 2 is 1.60 bits per heavy atom. The average Bonchev–Trinajstić information content (AvgIpc) is 2.92. The van der Waals surface area contributed by atoms with E-state index in [2.05, 4.69) is 46.3 Å². The number of halogens is 3. The van der Waals surface area contributed by atoms with Gasteiger partial charge in [0.15, 0.2) is 0 Å². The molecule has 0 saturated carbocycles. The summed E-state index contributed by atoms with van der Waals surface area (Å²) in [5.41, 5.74) is 1.48. The van der Waals surface area contributed by atoms with Crippen LogP contribution in [0.25, 0.3) is 0 Å². The van der Waals surface area contributed by atoms with Crippen LogP contribution >= 0.6 is 0 Å². The van der Waals surface area contributed by atoms with Crippen molar-refractivity contribution in [3.8, 4) is 0 Å². The van der Waals surface area contributed by atoms with Crippen LogP contribution in [0.3, 0.4) is 0 Å². The molecular formula is C28H38F3N5O3S. The van der Waals surface area contributed by atoms with Crippen molar-refractivity contribution in [1.82, 2.24) is 14.1 Å². The molecule has 0 aliphatic carbocycles. The van der Waals surface area contributed by atoms with Crippen LogP contribution in [0, 0.1) is 6.92 Å². The van der Waals surface area contributed by atoms with Crippen molar-refractivity contribution in [3.05, 3.63) is 53.6 Å². The summed E-state index contributed by atoms with van der Waals surface area (Å²) in [7, 11) is -1.86. The zero-order chi connectivity index (χ0) is 29.1. The first-order chi connectivity index (χ1) is 18.8. The van der Waals surface area contributed by atoms with E-state index in [0.29, 0.717) is 38.9 Å². The number of rotatable bonds is 8. The summed E-state index contributed by atoms with van der Waals surface area (Å²) in [6.07, 6.45) is -3.18. The van der Waals surface area contributed by atoms with Crippen LogP contribution in [0.1, 0.15) is 30.4 Å². The highest BCUT2D eigenvalue weighted by molar-refractivity contribution is 7.89. The van der Waals surface area contributed by atoms with Gasteiger partial charge in [-0.1, -0.05) is 17.7 Å². The number of piperazine rings is 1. The third-order valence-electron chi connectivity index (χ3n) is 7.68. The molecule has 2 aliphatic rings. The Kier molecular flexibility index (Phi) is 9.31. The van der Waals surface area contributed by atoms with Gasteiger partial charge in [0.25, 0.3) is 0 Å². The van der Waals surface area contributed by atoms with E-state index in [1.807, 2.05) is 4.90 Å². The number of anilines is 2. The summed E-state index contributed by atoms with van der Waals surface area (Å²) in [6, 6.07) is 11.6. The third-order valence-corrected chi connectivity index (χ3v) is 9.55. The number of piperidine rings is 1. The Hall–Kier alpha value is -2.83. The SMILES string of the molecule is Cc1ccc(N2CCN(CCC(=O)N3CCC(Nc4ccc(S(=O)(=O)N(C)C)c(C(F)(F)F)c4)CC3)CC2)cc1. The molecule has 1 N–H and O–H groups in total. The number of aryl methyl sites for hydroxylation is 1. The van der Waals surface area contributed by atoms with E-state index in [4.69, 9.17) is 0 Å². The number of benzene rings is 2. The number of carbonyl (C=O) groups is 1. The molecule has 12 heteroatoms. The minimum absolute atomic E-state index is 0.0945. The van der Waals surface area contributed by atoms with E-state index in [1.54, 1.807) is 0 Å². The number of hydrogen-bond donors (Lipinski definition) is 1. The van der Waals surface area contributed by atoms with Gasteiger partial charge in [-0.3, -0.25) is 9.69 Å². The van der Waals surface area contributed by atoms with Gasteiger partial charge < -0.3 is 15.1 Å². The minimum atomic E-state index is -4.82. The normalized spacial score (nSPS) is 17.9. The second-order valence-corrected chi connectivity index (χ2v) is 12.8. The smallest absolute Gasteiger partial charge is 0.382 e. The second-order valence-electron chi connectivity index (χ2n) is 10.7. The Balaban J connectivity index is 1.24. The largest absolute Gasteiger partial charge is 0.417 e. The lowest BCUT2D eigenvalue weighted by molar-refractivity contribution is -0.140. The summed E-state index contributed by atoms with van der Waals surface area (Å²) in [4.78, 5) is 18.6. The van der Waals surface area contributed by atoms with Crippen LogP contribution in [-0.2, 0) is 21.0 Å². The summed E-state index contributed by atoms with van der Waals surface area (Å²) in [5.74, 6) is 0.0945. The van der Waals surface area contributed by atoms with Crippen LogP contribution in [0.4, 0.5) is 24.5 Å². The molecule has 2 fully saturated rings. The molecule has 4 rings (SSSR count). The van der Waals surface area contributed by atoms with Gasteiger partial charge in [0.2, 0.25) is 15.9 Å². The molecule has 0 atom stereocenters. The van der Waals surface area contributed by atoms with Crippen molar-refractivity contribution in [2.24, 2.45) is 0 Å². The zero-order valence-electron chi connectivity index (χ0n) is 23.2. The van der Waals surface area contributed by atoms with Gasteiger partial charge in [-0.25, -0.2) is 12.7 Å². The number of nitrogens with one attached hydrogen (secondary N) is 1. The predicted octanol–water partition coefficient (Wildman–Crippen LogP) is 3.88. The molecule has 0 aromatic heterocycles. The third kappa shape index (κ3) is 7.27. The molecule has 220 valence electrons. The number of nitrogens with zero attached hydrogens (tertiary/aromatic N) is 4. The number of sulfonamides is 1. The van der Waals surface area contributed by atoms with E-state index in [-0.39, 0.29) is 17.6 Å². The van der Waals surface area contributed by atoms with Gasteiger partial charge in [0, 0.05) is 83.7 Å². The highest BCUT2D eigenvalue weighted by Gasteiger charge is 2.38. The number of likely N-dealkylation sites (tertiary alicyclic amines) is 1. The molecule has 2 aromatic rings. The zero-order valence-corrected chi connectivity index (χ0v) is 24.1.